The smallest absolute Gasteiger partial charge is 0.127 e. The van der Waals surface area contributed by atoms with E-state index in [1.54, 1.807) is 7.11 Å². The standard InChI is InChI=1S/C21H26N4O2/c1-13(2)15-10-17-16(11-19(15)26-3)20-18(12-23-17)24-21(25(20)7-6-22)14-4-8-27-9-5-14/h10-12,14H,1,4-9,22H2,2-3H3. The van der Waals surface area contributed by atoms with Crippen LogP contribution in [0.25, 0.3) is 27.5 Å². The van der Waals surface area contributed by atoms with Crippen LogP contribution in [0.3, 0.4) is 0 Å². The van der Waals surface area contributed by atoms with E-state index in [1.807, 2.05) is 19.2 Å². The Morgan fingerprint density at radius 2 is 2.11 bits per heavy atom. The van der Waals surface area contributed by atoms with Gasteiger partial charge in [-0.05, 0) is 37.5 Å². The number of allylic oxidation sites excluding steroid dienone is 1. The monoisotopic (exact) mass is 366 g/mol. The van der Waals surface area contributed by atoms with Gasteiger partial charge in [0, 0.05) is 43.2 Å². The summed E-state index contributed by atoms with van der Waals surface area (Å²) in [5.74, 6) is 2.29. The molecule has 1 fully saturated rings. The number of fused-ring (bicyclic) bond motifs is 3. The van der Waals surface area contributed by atoms with Gasteiger partial charge in [-0.25, -0.2) is 4.98 Å². The van der Waals surface area contributed by atoms with E-state index in [9.17, 15) is 0 Å². The van der Waals surface area contributed by atoms with Gasteiger partial charge >= 0.3 is 0 Å². The summed E-state index contributed by atoms with van der Waals surface area (Å²) in [4.78, 5) is 9.61. The van der Waals surface area contributed by atoms with Gasteiger partial charge in [0.1, 0.15) is 17.1 Å². The normalized spacial score (nSPS) is 15.5. The SMILES string of the molecule is C=C(C)c1cc2ncc3nc(C4CCOCC4)n(CCN)c3c2cc1OC. The Bertz CT molecular complexity index is 1000. The highest BCUT2D eigenvalue weighted by Crippen LogP contribution is 2.35. The van der Waals surface area contributed by atoms with Crippen molar-refractivity contribution in [2.45, 2.75) is 32.2 Å². The van der Waals surface area contributed by atoms with Crippen molar-refractivity contribution in [3.8, 4) is 5.75 Å². The molecular weight excluding hydrogens is 340 g/mol. The van der Waals surface area contributed by atoms with E-state index in [4.69, 9.17) is 20.2 Å². The van der Waals surface area contributed by atoms with Crippen molar-refractivity contribution in [2.75, 3.05) is 26.9 Å². The fourth-order valence-corrected chi connectivity index (χ4v) is 3.98. The summed E-state index contributed by atoms with van der Waals surface area (Å²) in [6.07, 6.45) is 3.84. The summed E-state index contributed by atoms with van der Waals surface area (Å²) in [5.41, 5.74) is 10.8. The highest BCUT2D eigenvalue weighted by Gasteiger charge is 2.24. The maximum absolute atomic E-state index is 5.95. The van der Waals surface area contributed by atoms with E-state index in [0.717, 1.165) is 77.2 Å². The van der Waals surface area contributed by atoms with E-state index in [-0.39, 0.29) is 0 Å². The van der Waals surface area contributed by atoms with E-state index >= 15 is 0 Å². The van der Waals surface area contributed by atoms with E-state index in [0.29, 0.717) is 12.5 Å². The molecule has 2 aromatic heterocycles. The van der Waals surface area contributed by atoms with Crippen LogP contribution < -0.4 is 10.5 Å². The van der Waals surface area contributed by atoms with Gasteiger partial charge in [0.05, 0.1) is 24.3 Å². The number of methoxy groups -OCH3 is 1. The minimum Gasteiger partial charge on any atom is -0.496 e. The number of hydrogen-bond acceptors (Lipinski definition) is 5. The minimum atomic E-state index is 0.393. The Hall–Kier alpha value is -2.44. The molecule has 0 aliphatic carbocycles. The summed E-state index contributed by atoms with van der Waals surface area (Å²) in [7, 11) is 1.69. The average Bonchev–Trinajstić information content (AvgIpc) is 3.06. The third kappa shape index (κ3) is 3.09. The molecule has 0 atom stereocenters. The molecule has 0 bridgehead atoms. The molecule has 2 N–H and O–H groups in total. The van der Waals surface area contributed by atoms with Crippen LogP contribution in [0.1, 0.15) is 37.1 Å². The summed E-state index contributed by atoms with van der Waals surface area (Å²) in [6.45, 7) is 8.90. The molecule has 3 heterocycles. The van der Waals surface area contributed by atoms with Crippen molar-refractivity contribution >= 4 is 27.5 Å². The number of rotatable bonds is 5. The second-order valence-electron chi connectivity index (χ2n) is 7.14. The number of benzene rings is 1. The van der Waals surface area contributed by atoms with Gasteiger partial charge in [-0.15, -0.1) is 0 Å². The Morgan fingerprint density at radius 1 is 1.33 bits per heavy atom. The van der Waals surface area contributed by atoms with Gasteiger partial charge in [-0.3, -0.25) is 4.98 Å². The van der Waals surface area contributed by atoms with Crippen LogP contribution >= 0.6 is 0 Å². The van der Waals surface area contributed by atoms with Crippen LogP contribution in [-0.4, -0.2) is 41.4 Å². The topological polar surface area (TPSA) is 75.2 Å². The number of nitrogens with zero attached hydrogens (tertiary/aromatic N) is 3. The largest absolute Gasteiger partial charge is 0.496 e. The van der Waals surface area contributed by atoms with Crippen LogP contribution in [0.2, 0.25) is 0 Å². The second-order valence-corrected chi connectivity index (χ2v) is 7.14. The molecular formula is C21H26N4O2. The Kier molecular flexibility index (Phi) is 4.85. The van der Waals surface area contributed by atoms with Gasteiger partial charge in [-0.2, -0.15) is 0 Å². The number of imidazole rings is 1. The fraction of sp³-hybridized carbons (Fsp3) is 0.429. The van der Waals surface area contributed by atoms with Crippen molar-refractivity contribution < 1.29 is 9.47 Å². The summed E-state index contributed by atoms with van der Waals surface area (Å²) < 4.78 is 13.4. The third-order valence-corrected chi connectivity index (χ3v) is 5.32. The quantitative estimate of drug-likeness (QED) is 0.748. The molecule has 3 aromatic rings. The highest BCUT2D eigenvalue weighted by atomic mass is 16.5. The maximum Gasteiger partial charge on any atom is 0.127 e. The first-order chi connectivity index (χ1) is 13.1. The lowest BCUT2D eigenvalue weighted by atomic mass is 9.99. The zero-order valence-electron chi connectivity index (χ0n) is 16.0. The lowest BCUT2D eigenvalue weighted by Crippen LogP contribution is -2.20. The Morgan fingerprint density at radius 3 is 2.78 bits per heavy atom. The summed E-state index contributed by atoms with van der Waals surface area (Å²) in [5, 5.41) is 1.04. The third-order valence-electron chi connectivity index (χ3n) is 5.32. The zero-order chi connectivity index (χ0) is 19.0. The first-order valence-electron chi connectivity index (χ1n) is 9.44. The van der Waals surface area contributed by atoms with Crippen LogP contribution in [-0.2, 0) is 11.3 Å². The van der Waals surface area contributed by atoms with Crippen LogP contribution in [0.4, 0.5) is 0 Å². The number of nitrogens with two attached hydrogens (primary N) is 1. The second kappa shape index (κ2) is 7.29. The molecule has 6 nitrogen and oxygen atoms in total. The molecule has 1 saturated heterocycles. The Labute approximate surface area is 159 Å². The van der Waals surface area contributed by atoms with Gasteiger partial charge in [-0.1, -0.05) is 6.58 Å². The van der Waals surface area contributed by atoms with Gasteiger partial charge in [0.2, 0.25) is 0 Å². The lowest BCUT2D eigenvalue weighted by Gasteiger charge is -2.22. The molecule has 4 rings (SSSR count). The summed E-state index contributed by atoms with van der Waals surface area (Å²) >= 11 is 0. The first kappa shape index (κ1) is 17.9. The molecule has 6 heteroatoms. The minimum absolute atomic E-state index is 0.393. The van der Waals surface area contributed by atoms with Gasteiger partial charge in [0.15, 0.2) is 0 Å². The van der Waals surface area contributed by atoms with Crippen molar-refractivity contribution in [3.63, 3.8) is 0 Å². The first-order valence-corrected chi connectivity index (χ1v) is 9.44. The van der Waals surface area contributed by atoms with E-state index in [1.165, 1.54) is 0 Å². The summed E-state index contributed by atoms with van der Waals surface area (Å²) in [6, 6.07) is 4.10. The van der Waals surface area contributed by atoms with Crippen molar-refractivity contribution in [1.82, 2.24) is 14.5 Å². The molecule has 0 unspecified atom stereocenters. The molecule has 1 aliphatic rings. The average molecular weight is 366 g/mol. The molecule has 0 radical (unpaired) electrons. The lowest BCUT2D eigenvalue weighted by molar-refractivity contribution is 0.0829. The highest BCUT2D eigenvalue weighted by molar-refractivity contribution is 6.04. The van der Waals surface area contributed by atoms with Gasteiger partial charge < -0.3 is 19.8 Å². The number of aromatic nitrogens is 3. The van der Waals surface area contributed by atoms with Crippen LogP contribution in [0.15, 0.2) is 24.9 Å². The fourth-order valence-electron chi connectivity index (χ4n) is 3.98. The van der Waals surface area contributed by atoms with Crippen molar-refractivity contribution in [2.24, 2.45) is 5.73 Å². The zero-order valence-corrected chi connectivity index (χ0v) is 16.0. The molecule has 0 saturated carbocycles. The molecule has 1 aliphatic heterocycles. The molecule has 1 aromatic carbocycles. The molecule has 27 heavy (non-hydrogen) atoms. The van der Waals surface area contributed by atoms with Crippen LogP contribution in [0, 0.1) is 0 Å². The number of pyridine rings is 1. The van der Waals surface area contributed by atoms with E-state index in [2.05, 4.69) is 22.2 Å². The van der Waals surface area contributed by atoms with Crippen molar-refractivity contribution in [3.05, 3.63) is 36.3 Å². The van der Waals surface area contributed by atoms with Crippen molar-refractivity contribution in [1.29, 1.82) is 0 Å². The van der Waals surface area contributed by atoms with Crippen LogP contribution in [0.5, 0.6) is 5.75 Å². The number of ether oxygens (including phenoxy) is 2. The maximum atomic E-state index is 5.95. The predicted molar refractivity (Wildman–Crippen MR) is 108 cm³/mol. The Balaban J connectivity index is 1.99. The van der Waals surface area contributed by atoms with E-state index < -0.39 is 0 Å². The molecule has 142 valence electrons. The predicted octanol–water partition coefficient (Wildman–Crippen LogP) is 3.48. The molecule has 0 amide bonds. The van der Waals surface area contributed by atoms with Gasteiger partial charge in [0.25, 0.3) is 0 Å². The number of hydrogen-bond donors (Lipinski definition) is 1. The molecule has 0 spiro atoms.